The van der Waals surface area contributed by atoms with E-state index in [-0.39, 0.29) is 12.7 Å². The van der Waals surface area contributed by atoms with Crippen molar-refractivity contribution in [3.05, 3.63) is 83.3 Å². The lowest BCUT2D eigenvalue weighted by Gasteiger charge is -2.10. The molecule has 3 aromatic rings. The van der Waals surface area contributed by atoms with Crippen LogP contribution in [0.25, 0.3) is 0 Å². The van der Waals surface area contributed by atoms with Crippen LogP contribution in [-0.2, 0) is 17.9 Å². The Morgan fingerprint density at radius 3 is 2.79 bits per heavy atom. The second-order valence-corrected chi connectivity index (χ2v) is 6.62. The normalized spacial score (nSPS) is 15.7. The number of nitrogens with zero attached hydrogens (tertiary/aromatic N) is 3. The first kappa shape index (κ1) is 18.8. The Kier molecular flexibility index (Phi) is 5.33. The zero-order valence-corrected chi connectivity index (χ0v) is 15.4. The highest BCUT2D eigenvalue weighted by atomic mass is 19.1. The number of halogens is 2. The largest absolute Gasteiger partial charge is 0.487 e. The topological polar surface area (TPSA) is 82.6 Å². The van der Waals surface area contributed by atoms with E-state index in [2.05, 4.69) is 15.1 Å². The van der Waals surface area contributed by atoms with Gasteiger partial charge in [-0.3, -0.25) is 4.98 Å². The minimum absolute atomic E-state index is 0.119. The summed E-state index contributed by atoms with van der Waals surface area (Å²) >= 11 is 0. The lowest BCUT2D eigenvalue weighted by molar-refractivity contribution is 0.0860. The Bertz CT molecular complexity index is 1040. The molecule has 0 fully saturated rings. The Balaban J connectivity index is 1.36. The van der Waals surface area contributed by atoms with Gasteiger partial charge in [0.1, 0.15) is 29.8 Å². The van der Waals surface area contributed by atoms with Gasteiger partial charge in [0.25, 0.3) is 0 Å². The molecule has 2 N–H and O–H groups in total. The van der Waals surface area contributed by atoms with Gasteiger partial charge in [0, 0.05) is 30.7 Å². The van der Waals surface area contributed by atoms with E-state index in [9.17, 15) is 8.78 Å². The van der Waals surface area contributed by atoms with Crippen molar-refractivity contribution in [3.63, 3.8) is 0 Å². The predicted molar refractivity (Wildman–Crippen MR) is 103 cm³/mol. The van der Waals surface area contributed by atoms with Crippen LogP contribution in [0.2, 0.25) is 0 Å². The fourth-order valence-corrected chi connectivity index (χ4v) is 3.03. The van der Waals surface area contributed by atoms with Gasteiger partial charge in [0.15, 0.2) is 6.10 Å². The molecule has 2 aromatic heterocycles. The monoisotopic (exact) mass is 396 g/mol. The van der Waals surface area contributed by atoms with E-state index >= 15 is 0 Å². The van der Waals surface area contributed by atoms with Gasteiger partial charge in [-0.15, -0.1) is 0 Å². The number of aromatic nitrogens is 2. The number of nitrogens with two attached hydrogens (primary N) is 1. The zero-order valence-electron chi connectivity index (χ0n) is 15.4. The number of oxime groups is 1. The van der Waals surface area contributed by atoms with E-state index in [0.717, 1.165) is 17.5 Å². The summed E-state index contributed by atoms with van der Waals surface area (Å²) in [6.07, 6.45) is 3.25. The first-order valence-corrected chi connectivity index (χ1v) is 9.02. The molecule has 0 aliphatic carbocycles. The van der Waals surface area contributed by atoms with Crippen LogP contribution in [0.15, 0.2) is 60.0 Å². The number of benzene rings is 1. The molecular formula is C21H18F2N4O2. The molecule has 148 valence electrons. The molecule has 0 bridgehead atoms. The number of pyridine rings is 2. The minimum Gasteiger partial charge on any atom is -0.487 e. The van der Waals surface area contributed by atoms with Crippen LogP contribution in [0.4, 0.5) is 14.6 Å². The van der Waals surface area contributed by atoms with Crippen LogP contribution < -0.4 is 10.5 Å². The van der Waals surface area contributed by atoms with Crippen molar-refractivity contribution in [2.45, 2.75) is 25.6 Å². The molecular weight excluding hydrogens is 378 g/mol. The summed E-state index contributed by atoms with van der Waals surface area (Å²) in [5, 5.41) is 4.07. The smallest absolute Gasteiger partial charge is 0.161 e. The standard InChI is InChI=1S/C21H18F2N4O2/c22-14-4-5-15(26-11-14)12-28-17-6-3-13(19(23)10-17)8-16-9-20(29-27-16)18-2-1-7-25-21(18)24/h1-7,10-11,20H,8-9,12H2,(H2,24,25). The quantitative estimate of drug-likeness (QED) is 0.682. The van der Waals surface area contributed by atoms with Gasteiger partial charge in [-0.25, -0.2) is 13.8 Å². The highest BCUT2D eigenvalue weighted by molar-refractivity contribution is 5.87. The summed E-state index contributed by atoms with van der Waals surface area (Å²) in [7, 11) is 0. The molecule has 6 nitrogen and oxygen atoms in total. The van der Waals surface area contributed by atoms with Crippen LogP contribution in [0.1, 0.15) is 29.3 Å². The van der Waals surface area contributed by atoms with E-state index in [1.165, 1.54) is 18.2 Å². The summed E-state index contributed by atoms with van der Waals surface area (Å²) in [5.74, 6) is -0.0571. The van der Waals surface area contributed by atoms with Gasteiger partial charge in [-0.05, 0) is 35.9 Å². The number of rotatable bonds is 6. The molecule has 0 amide bonds. The third kappa shape index (κ3) is 4.48. The molecule has 0 radical (unpaired) electrons. The van der Waals surface area contributed by atoms with Crippen molar-refractivity contribution < 1.29 is 18.4 Å². The molecule has 29 heavy (non-hydrogen) atoms. The van der Waals surface area contributed by atoms with E-state index in [1.54, 1.807) is 24.4 Å². The van der Waals surface area contributed by atoms with Crippen LogP contribution in [-0.4, -0.2) is 15.7 Å². The molecule has 1 aliphatic rings. The first-order chi connectivity index (χ1) is 14.1. The Morgan fingerprint density at radius 1 is 1.14 bits per heavy atom. The average molecular weight is 396 g/mol. The SMILES string of the molecule is Nc1ncccc1C1CC(Cc2ccc(OCc3ccc(F)cn3)cc2F)=NO1. The summed E-state index contributed by atoms with van der Waals surface area (Å²) in [6, 6.07) is 11.1. The number of nitrogen functional groups attached to an aromatic ring is 1. The minimum atomic E-state index is -0.420. The second kappa shape index (κ2) is 8.22. The fourth-order valence-electron chi connectivity index (χ4n) is 3.03. The molecule has 0 spiro atoms. The van der Waals surface area contributed by atoms with Gasteiger partial charge in [-0.1, -0.05) is 11.2 Å². The molecule has 4 rings (SSSR count). The summed E-state index contributed by atoms with van der Waals surface area (Å²) in [5.41, 5.74) is 8.41. The van der Waals surface area contributed by atoms with Crippen LogP contribution in [0.5, 0.6) is 5.75 Å². The molecule has 1 aliphatic heterocycles. The maximum atomic E-state index is 14.5. The molecule has 1 unspecified atom stereocenters. The van der Waals surface area contributed by atoms with Crippen molar-refractivity contribution in [1.29, 1.82) is 0 Å². The lowest BCUT2D eigenvalue weighted by atomic mass is 10.0. The number of anilines is 1. The predicted octanol–water partition coefficient (Wildman–Crippen LogP) is 3.98. The maximum absolute atomic E-state index is 14.5. The van der Waals surface area contributed by atoms with Gasteiger partial charge < -0.3 is 15.3 Å². The molecule has 1 atom stereocenters. The van der Waals surface area contributed by atoms with Crippen LogP contribution in [0.3, 0.4) is 0 Å². The Morgan fingerprint density at radius 2 is 2.03 bits per heavy atom. The van der Waals surface area contributed by atoms with E-state index in [1.807, 2.05) is 6.07 Å². The van der Waals surface area contributed by atoms with E-state index in [4.69, 9.17) is 15.3 Å². The fraction of sp³-hybridized carbons (Fsp3) is 0.190. The van der Waals surface area contributed by atoms with Crippen molar-refractivity contribution in [1.82, 2.24) is 9.97 Å². The molecule has 3 heterocycles. The maximum Gasteiger partial charge on any atom is 0.161 e. The average Bonchev–Trinajstić information content (AvgIpc) is 3.18. The van der Waals surface area contributed by atoms with E-state index in [0.29, 0.717) is 35.7 Å². The second-order valence-electron chi connectivity index (χ2n) is 6.62. The Hall–Kier alpha value is -3.55. The van der Waals surface area contributed by atoms with Crippen molar-refractivity contribution >= 4 is 11.5 Å². The third-order valence-corrected chi connectivity index (χ3v) is 4.54. The van der Waals surface area contributed by atoms with Crippen molar-refractivity contribution in [2.24, 2.45) is 5.16 Å². The Labute approximate surface area is 166 Å². The number of ether oxygens (including phenoxy) is 1. The summed E-state index contributed by atoms with van der Waals surface area (Å²) in [6.45, 7) is 0.119. The van der Waals surface area contributed by atoms with Gasteiger partial charge in [0.05, 0.1) is 17.6 Å². The molecule has 8 heteroatoms. The molecule has 1 aromatic carbocycles. The van der Waals surface area contributed by atoms with Crippen molar-refractivity contribution in [3.8, 4) is 5.75 Å². The van der Waals surface area contributed by atoms with Gasteiger partial charge in [-0.2, -0.15) is 0 Å². The first-order valence-electron chi connectivity index (χ1n) is 9.02. The number of hydrogen-bond donors (Lipinski definition) is 1. The van der Waals surface area contributed by atoms with Crippen molar-refractivity contribution in [2.75, 3.05) is 5.73 Å². The highest BCUT2D eigenvalue weighted by Gasteiger charge is 2.25. The zero-order chi connectivity index (χ0) is 20.2. The number of hydrogen-bond acceptors (Lipinski definition) is 6. The van der Waals surface area contributed by atoms with Crippen LogP contribution >= 0.6 is 0 Å². The summed E-state index contributed by atoms with van der Waals surface area (Å²) < 4.78 is 32.9. The van der Waals surface area contributed by atoms with Crippen LogP contribution in [0, 0.1) is 11.6 Å². The molecule has 0 saturated heterocycles. The van der Waals surface area contributed by atoms with Gasteiger partial charge in [0.2, 0.25) is 0 Å². The van der Waals surface area contributed by atoms with Gasteiger partial charge >= 0.3 is 0 Å². The van der Waals surface area contributed by atoms with E-state index < -0.39 is 11.6 Å². The molecule has 0 saturated carbocycles. The highest BCUT2D eigenvalue weighted by Crippen LogP contribution is 2.31. The summed E-state index contributed by atoms with van der Waals surface area (Å²) in [4.78, 5) is 13.4. The third-order valence-electron chi connectivity index (χ3n) is 4.54. The lowest BCUT2D eigenvalue weighted by Crippen LogP contribution is -2.07.